The highest BCUT2D eigenvalue weighted by molar-refractivity contribution is 6.07. The summed E-state index contributed by atoms with van der Waals surface area (Å²) in [6.07, 6.45) is 0. The number of hydrogen-bond acceptors (Lipinski definition) is 5. The number of nitrogens with one attached hydrogen (secondary N) is 3. The van der Waals surface area contributed by atoms with Gasteiger partial charge in [-0.25, -0.2) is 9.18 Å². The highest BCUT2D eigenvalue weighted by Crippen LogP contribution is 2.13. The molecule has 8 nitrogen and oxygen atoms in total. The second-order valence-corrected chi connectivity index (χ2v) is 5.60. The van der Waals surface area contributed by atoms with Crippen molar-refractivity contribution in [2.45, 2.75) is 6.54 Å². The van der Waals surface area contributed by atoms with Crippen molar-refractivity contribution in [1.29, 1.82) is 0 Å². The van der Waals surface area contributed by atoms with Crippen LogP contribution in [-0.2, 0) is 6.54 Å². The summed E-state index contributed by atoms with van der Waals surface area (Å²) in [6.45, 7) is 0.225. The first-order valence-corrected chi connectivity index (χ1v) is 7.89. The van der Waals surface area contributed by atoms with Crippen molar-refractivity contribution in [3.8, 4) is 0 Å². The summed E-state index contributed by atoms with van der Waals surface area (Å²) in [5, 5.41) is 14.8. The number of aromatic amines is 1. The number of benzene rings is 2. The van der Waals surface area contributed by atoms with Gasteiger partial charge in [-0.1, -0.05) is 35.1 Å². The van der Waals surface area contributed by atoms with E-state index in [-0.39, 0.29) is 22.8 Å². The van der Waals surface area contributed by atoms with E-state index in [9.17, 15) is 24.0 Å². The lowest BCUT2D eigenvalue weighted by Gasteiger charge is -2.12. The zero-order valence-electron chi connectivity index (χ0n) is 13.9. The van der Waals surface area contributed by atoms with E-state index >= 15 is 0 Å². The average Bonchev–Trinajstić information content (AvgIpc) is 2.67. The van der Waals surface area contributed by atoms with E-state index in [0.29, 0.717) is 0 Å². The lowest BCUT2D eigenvalue weighted by atomic mass is 10.2. The van der Waals surface area contributed by atoms with Gasteiger partial charge in [0, 0.05) is 12.2 Å². The quantitative estimate of drug-likeness (QED) is 0.511. The summed E-state index contributed by atoms with van der Waals surface area (Å²) in [4.78, 5) is 38.7. The molecule has 138 valence electrons. The summed E-state index contributed by atoms with van der Waals surface area (Å²) < 4.78 is 12.8. The third kappa shape index (κ3) is 4.03. The van der Waals surface area contributed by atoms with Crippen molar-refractivity contribution in [1.82, 2.24) is 9.71 Å². The second-order valence-electron chi connectivity index (χ2n) is 5.60. The van der Waals surface area contributed by atoms with E-state index in [1.54, 1.807) is 0 Å². The molecule has 0 saturated heterocycles. The second kappa shape index (κ2) is 7.56. The highest BCUT2D eigenvalue weighted by Gasteiger charge is 2.21. The molecule has 3 aromatic rings. The van der Waals surface area contributed by atoms with Gasteiger partial charge in [0.1, 0.15) is 17.2 Å². The molecule has 27 heavy (non-hydrogen) atoms. The number of halogens is 1. The third-order valence-corrected chi connectivity index (χ3v) is 3.72. The molecular formula is C18H15FN4O4. The maximum absolute atomic E-state index is 13.0. The molecule has 0 atom stereocenters. The Morgan fingerprint density at radius 3 is 2.41 bits per heavy atom. The first kappa shape index (κ1) is 17.9. The first-order chi connectivity index (χ1) is 13.0. The van der Waals surface area contributed by atoms with E-state index in [2.05, 4.69) is 15.6 Å². The Hall–Kier alpha value is -3.88. The largest absolute Gasteiger partial charge is 0.421 e. The maximum atomic E-state index is 13.0. The molecule has 0 bridgehead atoms. The van der Waals surface area contributed by atoms with Gasteiger partial charge in [0.15, 0.2) is 0 Å². The lowest BCUT2D eigenvalue weighted by molar-refractivity contribution is 0.101. The summed E-state index contributed by atoms with van der Waals surface area (Å²) in [7, 11) is 0. The average molecular weight is 370 g/mol. The van der Waals surface area contributed by atoms with E-state index in [1.807, 2.05) is 30.3 Å². The van der Waals surface area contributed by atoms with E-state index in [1.165, 1.54) is 12.1 Å². The number of hydrogen-bond donors (Lipinski definition) is 4. The number of rotatable bonds is 5. The number of carbonyl (C=O) groups excluding carboxylic acids is 1. The fourth-order valence-corrected chi connectivity index (χ4v) is 2.38. The summed E-state index contributed by atoms with van der Waals surface area (Å²) in [5.41, 5.74) is -1.68. The molecule has 0 spiro atoms. The number of anilines is 2. The number of aromatic nitrogens is 2. The summed E-state index contributed by atoms with van der Waals surface area (Å²) >= 11 is 0. The Kier molecular flexibility index (Phi) is 5.02. The normalized spacial score (nSPS) is 10.4. The third-order valence-electron chi connectivity index (χ3n) is 3.72. The minimum absolute atomic E-state index is 0.140. The van der Waals surface area contributed by atoms with Gasteiger partial charge in [0.2, 0.25) is 0 Å². The Balaban J connectivity index is 1.93. The van der Waals surface area contributed by atoms with Crippen LogP contribution >= 0.6 is 0 Å². The van der Waals surface area contributed by atoms with Crippen LogP contribution in [-0.4, -0.2) is 20.8 Å². The predicted octanol–water partition coefficient (Wildman–Crippen LogP) is 1.78. The van der Waals surface area contributed by atoms with Gasteiger partial charge in [0.25, 0.3) is 5.91 Å². The van der Waals surface area contributed by atoms with Crippen LogP contribution in [0.15, 0.2) is 64.2 Å². The van der Waals surface area contributed by atoms with Gasteiger partial charge in [-0.3, -0.25) is 14.6 Å². The molecule has 0 aliphatic heterocycles. The molecule has 9 heteroatoms. The number of amides is 1. The molecule has 0 unspecified atom stereocenters. The zero-order chi connectivity index (χ0) is 19.4. The van der Waals surface area contributed by atoms with Crippen LogP contribution in [0.5, 0.6) is 0 Å². The van der Waals surface area contributed by atoms with Gasteiger partial charge < -0.3 is 15.8 Å². The predicted molar refractivity (Wildman–Crippen MR) is 96.6 cm³/mol. The van der Waals surface area contributed by atoms with E-state index in [4.69, 9.17) is 0 Å². The standard InChI is InChI=1S/C18H15FN4O4/c19-12-6-8-13(9-7-12)21-16(24)14-15(22-18(26)23(27)17(14)25)20-10-11-4-2-1-3-5-11/h1-9,20,27H,10H2,(H,21,24)(H,22,26). The monoisotopic (exact) mass is 370 g/mol. The molecule has 0 saturated carbocycles. The van der Waals surface area contributed by atoms with Crippen molar-refractivity contribution in [3.63, 3.8) is 0 Å². The minimum Gasteiger partial charge on any atom is -0.421 e. The number of H-pyrrole nitrogens is 1. The summed E-state index contributed by atoms with van der Waals surface area (Å²) in [6, 6.07) is 14.0. The van der Waals surface area contributed by atoms with Crippen LogP contribution in [0.2, 0.25) is 0 Å². The van der Waals surface area contributed by atoms with Crippen LogP contribution in [0.3, 0.4) is 0 Å². The topological polar surface area (TPSA) is 116 Å². The Morgan fingerprint density at radius 1 is 1.07 bits per heavy atom. The van der Waals surface area contributed by atoms with Gasteiger partial charge in [-0.05, 0) is 29.8 Å². The molecule has 1 heterocycles. The fourth-order valence-electron chi connectivity index (χ4n) is 2.38. The Labute approximate surface area is 151 Å². The van der Waals surface area contributed by atoms with Crippen LogP contribution in [0.4, 0.5) is 15.9 Å². The van der Waals surface area contributed by atoms with Crippen molar-refractivity contribution in [3.05, 3.63) is 92.4 Å². The van der Waals surface area contributed by atoms with E-state index in [0.717, 1.165) is 17.7 Å². The van der Waals surface area contributed by atoms with E-state index < -0.39 is 28.5 Å². The highest BCUT2D eigenvalue weighted by atomic mass is 19.1. The fraction of sp³-hybridized carbons (Fsp3) is 0.0556. The van der Waals surface area contributed by atoms with Crippen molar-refractivity contribution in [2.75, 3.05) is 10.6 Å². The first-order valence-electron chi connectivity index (χ1n) is 7.89. The molecule has 0 fully saturated rings. The van der Waals surface area contributed by atoms with Crippen LogP contribution in [0.25, 0.3) is 0 Å². The number of carbonyl (C=O) groups is 1. The van der Waals surface area contributed by atoms with Crippen LogP contribution < -0.4 is 21.9 Å². The molecule has 0 aliphatic carbocycles. The van der Waals surface area contributed by atoms with Crippen molar-refractivity contribution >= 4 is 17.4 Å². The molecule has 1 amide bonds. The molecule has 2 aromatic carbocycles. The smallest absolute Gasteiger partial charge is 0.363 e. The van der Waals surface area contributed by atoms with Crippen molar-refractivity contribution in [2.24, 2.45) is 0 Å². The molecule has 0 aliphatic rings. The molecular weight excluding hydrogens is 355 g/mol. The SMILES string of the molecule is O=C(Nc1ccc(F)cc1)c1c(NCc2ccccc2)[nH]c(=O)n(O)c1=O. The van der Waals surface area contributed by atoms with Gasteiger partial charge in [-0.15, -0.1) is 0 Å². The zero-order valence-corrected chi connectivity index (χ0v) is 13.9. The minimum atomic E-state index is -1.19. The van der Waals surface area contributed by atoms with Crippen LogP contribution in [0.1, 0.15) is 15.9 Å². The molecule has 3 rings (SSSR count). The maximum Gasteiger partial charge on any atom is 0.363 e. The van der Waals surface area contributed by atoms with Crippen molar-refractivity contribution < 1.29 is 14.4 Å². The molecule has 1 aromatic heterocycles. The van der Waals surface area contributed by atoms with Gasteiger partial charge >= 0.3 is 11.2 Å². The number of nitrogens with zero attached hydrogens (tertiary/aromatic N) is 1. The molecule has 4 N–H and O–H groups in total. The van der Waals surface area contributed by atoms with Crippen LogP contribution in [0, 0.1) is 5.82 Å². The van der Waals surface area contributed by atoms with Gasteiger partial charge in [-0.2, -0.15) is 0 Å². The Bertz CT molecular complexity index is 1080. The summed E-state index contributed by atoms with van der Waals surface area (Å²) in [5.74, 6) is -1.50. The van der Waals surface area contributed by atoms with Gasteiger partial charge in [0.05, 0.1) is 0 Å². The lowest BCUT2D eigenvalue weighted by Crippen LogP contribution is -2.39. The Morgan fingerprint density at radius 2 is 1.74 bits per heavy atom. The molecule has 0 radical (unpaired) electrons.